The molecule has 1 saturated heterocycles. The topological polar surface area (TPSA) is 90.2 Å². The number of rotatable bonds is 4. The number of aromatic nitrogens is 4. The third-order valence-corrected chi connectivity index (χ3v) is 8.59. The maximum Gasteiger partial charge on any atom is 0.336 e. The molecule has 1 aromatic heterocycles. The minimum Gasteiger partial charge on any atom is -0.456 e. The molecule has 0 N–H and O–H groups in total. The smallest absolute Gasteiger partial charge is 0.336 e. The van der Waals surface area contributed by atoms with Crippen LogP contribution in [0.25, 0.3) is 11.4 Å². The number of nitrogens with zero attached hydrogens (tertiary/aromatic N) is 5. The number of benzene rings is 1. The third-order valence-electron chi connectivity index (χ3n) is 8.59. The van der Waals surface area contributed by atoms with Crippen molar-refractivity contribution in [3.05, 3.63) is 40.1 Å². The second kappa shape index (κ2) is 7.50. The highest BCUT2D eigenvalue weighted by Crippen LogP contribution is 2.48. The number of ether oxygens (including phenoxy) is 1. The van der Waals surface area contributed by atoms with Gasteiger partial charge in [-0.1, -0.05) is 12.1 Å². The first-order valence-electron chi connectivity index (χ1n) is 12.0. The molecule has 1 amide bonds. The minimum atomic E-state index is -0.290. The molecule has 4 heterocycles. The van der Waals surface area contributed by atoms with Crippen LogP contribution in [0.4, 0.5) is 0 Å². The van der Waals surface area contributed by atoms with Crippen molar-refractivity contribution >= 4 is 11.9 Å². The fourth-order valence-electron chi connectivity index (χ4n) is 6.31. The Balaban J connectivity index is 1.08. The number of esters is 1. The third kappa shape index (κ3) is 3.14. The molecule has 8 nitrogen and oxygen atoms in total. The normalized spacial score (nSPS) is 26.4. The second-order valence-electron chi connectivity index (χ2n) is 10.2. The first-order valence-corrected chi connectivity index (χ1v) is 12.0. The van der Waals surface area contributed by atoms with E-state index in [2.05, 4.69) is 34.6 Å². The molecule has 0 radical (unpaired) electrons. The van der Waals surface area contributed by atoms with Crippen LogP contribution in [-0.2, 0) is 27.3 Å². The molecule has 1 saturated carbocycles. The Bertz CT molecular complexity index is 1190. The van der Waals surface area contributed by atoms with Crippen LogP contribution in [0.1, 0.15) is 62.1 Å². The Morgan fingerprint density at radius 2 is 1.97 bits per heavy atom. The molecule has 2 fully saturated rings. The molecule has 0 bridgehead atoms. The first kappa shape index (κ1) is 20.6. The van der Waals surface area contributed by atoms with Crippen molar-refractivity contribution in [2.75, 3.05) is 13.2 Å². The highest BCUT2D eigenvalue weighted by Gasteiger charge is 2.50. The van der Waals surface area contributed by atoms with Gasteiger partial charge in [-0.2, -0.15) is 0 Å². The second-order valence-corrected chi connectivity index (χ2v) is 10.2. The van der Waals surface area contributed by atoms with E-state index in [0.717, 1.165) is 68.6 Å². The number of likely N-dealkylation sites (tertiary alicyclic amines) is 1. The van der Waals surface area contributed by atoms with E-state index in [4.69, 9.17) is 4.74 Å². The quantitative estimate of drug-likeness (QED) is 0.571. The lowest BCUT2D eigenvalue weighted by Crippen LogP contribution is -2.37. The molecule has 0 atom stereocenters. The molecule has 1 aliphatic carbocycles. The molecule has 0 unspecified atom stereocenters. The SMILES string of the molecule is CC1=C(N2CCC3(CCC(CCc4ccc5c(c4C)Cn4nnnc4-5)CC3)C2=O)COC1=O. The van der Waals surface area contributed by atoms with Crippen LogP contribution in [0.3, 0.4) is 0 Å². The monoisotopic (exact) mass is 447 g/mol. The van der Waals surface area contributed by atoms with Crippen molar-refractivity contribution in [3.8, 4) is 11.4 Å². The van der Waals surface area contributed by atoms with Gasteiger partial charge in [0, 0.05) is 12.1 Å². The van der Waals surface area contributed by atoms with E-state index in [1.807, 2.05) is 9.58 Å². The average molecular weight is 448 g/mol. The summed E-state index contributed by atoms with van der Waals surface area (Å²) in [6.07, 6.45) is 7.23. The number of tetrazole rings is 1. The molecule has 3 aliphatic heterocycles. The van der Waals surface area contributed by atoms with E-state index in [0.29, 0.717) is 18.0 Å². The van der Waals surface area contributed by atoms with Gasteiger partial charge in [0.05, 0.1) is 23.2 Å². The van der Waals surface area contributed by atoms with Crippen LogP contribution >= 0.6 is 0 Å². The molecule has 1 spiro atoms. The van der Waals surface area contributed by atoms with Crippen molar-refractivity contribution in [1.29, 1.82) is 0 Å². The Morgan fingerprint density at radius 1 is 1.15 bits per heavy atom. The number of carbonyl (C=O) groups excluding carboxylic acids is 2. The highest BCUT2D eigenvalue weighted by atomic mass is 16.5. The van der Waals surface area contributed by atoms with Crippen LogP contribution in [0.2, 0.25) is 0 Å². The van der Waals surface area contributed by atoms with Gasteiger partial charge >= 0.3 is 5.97 Å². The van der Waals surface area contributed by atoms with Crippen molar-refractivity contribution in [2.45, 2.75) is 65.3 Å². The molecule has 33 heavy (non-hydrogen) atoms. The summed E-state index contributed by atoms with van der Waals surface area (Å²) in [5, 5.41) is 12.0. The predicted octanol–water partition coefficient (Wildman–Crippen LogP) is 3.18. The van der Waals surface area contributed by atoms with Crippen LogP contribution in [0.15, 0.2) is 23.4 Å². The maximum absolute atomic E-state index is 13.3. The summed E-state index contributed by atoms with van der Waals surface area (Å²) in [7, 11) is 0. The Labute approximate surface area is 193 Å². The molecular formula is C25H29N5O3. The molecule has 172 valence electrons. The first-order chi connectivity index (χ1) is 16.0. The number of aryl methyl sites for hydroxylation is 1. The fourth-order valence-corrected chi connectivity index (χ4v) is 6.31. The van der Waals surface area contributed by atoms with E-state index in [1.54, 1.807) is 6.92 Å². The maximum atomic E-state index is 13.3. The van der Waals surface area contributed by atoms with Crippen LogP contribution in [-0.4, -0.2) is 50.1 Å². The van der Waals surface area contributed by atoms with E-state index in [1.165, 1.54) is 16.7 Å². The zero-order valence-corrected chi connectivity index (χ0v) is 19.3. The summed E-state index contributed by atoms with van der Waals surface area (Å²) in [5.41, 5.74) is 6.38. The number of hydrogen-bond donors (Lipinski definition) is 0. The zero-order valence-electron chi connectivity index (χ0n) is 19.3. The van der Waals surface area contributed by atoms with Gasteiger partial charge in [0.25, 0.3) is 0 Å². The van der Waals surface area contributed by atoms with Crippen molar-refractivity contribution in [1.82, 2.24) is 25.1 Å². The van der Waals surface area contributed by atoms with E-state index in [-0.39, 0.29) is 23.9 Å². The standard InChI is InChI=1S/C25H29N5O3/c1-15-18(5-6-19-20(15)13-30-22(19)26-27-28-30)4-3-17-7-9-25(10-8-17)11-12-29(24(25)32)21-14-33-23(31)16(21)2/h5-6,17H,3-4,7-14H2,1-2H3. The van der Waals surface area contributed by atoms with Gasteiger partial charge < -0.3 is 9.64 Å². The van der Waals surface area contributed by atoms with Crippen molar-refractivity contribution < 1.29 is 14.3 Å². The Hall–Kier alpha value is -3.03. The average Bonchev–Trinajstić information content (AvgIpc) is 3.56. The summed E-state index contributed by atoms with van der Waals surface area (Å²) in [6.45, 7) is 5.69. The van der Waals surface area contributed by atoms with Crippen molar-refractivity contribution in [3.63, 3.8) is 0 Å². The number of fused-ring (bicyclic) bond motifs is 3. The summed E-state index contributed by atoms with van der Waals surface area (Å²) in [4.78, 5) is 26.9. The number of amides is 1. The number of hydrogen-bond acceptors (Lipinski definition) is 6. The zero-order chi connectivity index (χ0) is 22.7. The molecule has 2 aromatic rings. The molecule has 8 heteroatoms. The van der Waals surface area contributed by atoms with Crippen LogP contribution in [0.5, 0.6) is 0 Å². The van der Waals surface area contributed by atoms with Gasteiger partial charge in [-0.05, 0) is 91.8 Å². The van der Waals surface area contributed by atoms with Gasteiger partial charge in [-0.3, -0.25) is 4.79 Å². The summed E-state index contributed by atoms with van der Waals surface area (Å²) >= 11 is 0. The predicted molar refractivity (Wildman–Crippen MR) is 120 cm³/mol. The highest BCUT2D eigenvalue weighted by molar-refractivity contribution is 5.94. The van der Waals surface area contributed by atoms with Gasteiger partial charge in [-0.15, -0.1) is 5.10 Å². The summed E-state index contributed by atoms with van der Waals surface area (Å²) < 4.78 is 7.01. The lowest BCUT2D eigenvalue weighted by atomic mass is 9.68. The molecule has 1 aromatic carbocycles. The van der Waals surface area contributed by atoms with Crippen LogP contribution < -0.4 is 0 Å². The van der Waals surface area contributed by atoms with E-state index < -0.39 is 0 Å². The van der Waals surface area contributed by atoms with Gasteiger partial charge in [-0.25, -0.2) is 9.48 Å². The molecular weight excluding hydrogens is 418 g/mol. The van der Waals surface area contributed by atoms with Gasteiger partial charge in [0.1, 0.15) is 6.61 Å². The van der Waals surface area contributed by atoms with E-state index in [9.17, 15) is 9.59 Å². The lowest BCUT2D eigenvalue weighted by Gasteiger charge is -2.36. The number of cyclic esters (lactones) is 1. The van der Waals surface area contributed by atoms with Gasteiger partial charge in [0.15, 0.2) is 5.82 Å². The molecule has 4 aliphatic rings. The minimum absolute atomic E-state index is 0.212. The lowest BCUT2D eigenvalue weighted by molar-refractivity contribution is -0.138. The van der Waals surface area contributed by atoms with Crippen LogP contribution in [0, 0.1) is 18.3 Å². The largest absolute Gasteiger partial charge is 0.456 e. The van der Waals surface area contributed by atoms with Crippen molar-refractivity contribution in [2.24, 2.45) is 11.3 Å². The molecule has 6 rings (SSSR count). The fraction of sp³-hybridized carbons (Fsp3) is 0.560. The summed E-state index contributed by atoms with van der Waals surface area (Å²) in [5.74, 6) is 1.45. The van der Waals surface area contributed by atoms with Gasteiger partial charge in [0.2, 0.25) is 5.91 Å². The summed E-state index contributed by atoms with van der Waals surface area (Å²) in [6, 6.07) is 4.41. The Morgan fingerprint density at radius 3 is 2.73 bits per heavy atom. The van der Waals surface area contributed by atoms with E-state index >= 15 is 0 Å². The number of carbonyl (C=O) groups is 2. The Kier molecular flexibility index (Phi) is 4.67.